The van der Waals surface area contributed by atoms with Crippen LogP contribution in [-0.2, 0) is 21.4 Å². The molecule has 2 atom stereocenters. The van der Waals surface area contributed by atoms with Crippen molar-refractivity contribution in [3.05, 3.63) is 54.4 Å². The average molecular weight is 393 g/mol. The first-order valence-electron chi connectivity index (χ1n) is 8.45. The summed E-state index contributed by atoms with van der Waals surface area (Å²) in [6.07, 6.45) is 3.60. The van der Waals surface area contributed by atoms with Gasteiger partial charge in [0.25, 0.3) is 5.91 Å². The minimum Gasteiger partial charge on any atom is -0.508 e. The van der Waals surface area contributed by atoms with Gasteiger partial charge in [-0.2, -0.15) is 4.31 Å². The minimum atomic E-state index is -4.10. The van der Waals surface area contributed by atoms with E-state index >= 15 is 0 Å². The van der Waals surface area contributed by atoms with E-state index in [4.69, 9.17) is 0 Å². The number of nitrogens with one attached hydrogen (secondary N) is 1. The maximum absolute atomic E-state index is 13.3. The van der Waals surface area contributed by atoms with Crippen LogP contribution < -0.4 is 5.48 Å². The molecule has 0 saturated carbocycles. The number of carbonyl (C=O) groups is 1. The van der Waals surface area contributed by atoms with Crippen molar-refractivity contribution in [1.29, 1.82) is 0 Å². The summed E-state index contributed by atoms with van der Waals surface area (Å²) in [4.78, 5) is 16.3. The van der Waals surface area contributed by atoms with Gasteiger partial charge in [0.15, 0.2) is 0 Å². The number of benzene rings is 1. The van der Waals surface area contributed by atoms with Crippen LogP contribution >= 0.6 is 0 Å². The van der Waals surface area contributed by atoms with E-state index in [1.807, 2.05) is 6.92 Å². The molecule has 0 aliphatic rings. The lowest BCUT2D eigenvalue weighted by molar-refractivity contribution is -0.135. The third-order valence-corrected chi connectivity index (χ3v) is 6.22. The molecule has 0 fully saturated rings. The lowest BCUT2D eigenvalue weighted by atomic mass is 9.98. The molecule has 2 unspecified atom stereocenters. The maximum atomic E-state index is 13.3. The SMILES string of the molecule is CCC(C)C(C(=O)NO)N(Cc1cccnc1)S(=O)(=O)c1ccc(O)cc1. The second-order valence-electron chi connectivity index (χ2n) is 6.21. The van der Waals surface area contributed by atoms with Crippen molar-refractivity contribution in [1.82, 2.24) is 14.8 Å². The molecule has 1 aromatic carbocycles. The van der Waals surface area contributed by atoms with Crippen molar-refractivity contribution in [3.63, 3.8) is 0 Å². The Bertz CT molecular complexity index is 856. The molecule has 0 saturated heterocycles. The first kappa shape index (κ1) is 20.8. The molecule has 2 aromatic rings. The van der Waals surface area contributed by atoms with Crippen LogP contribution in [0.2, 0.25) is 0 Å². The molecule has 9 heteroatoms. The van der Waals surface area contributed by atoms with Crippen LogP contribution in [0.3, 0.4) is 0 Å². The fraction of sp³-hybridized carbons (Fsp3) is 0.333. The number of nitrogens with zero attached hydrogens (tertiary/aromatic N) is 2. The molecule has 1 heterocycles. The number of hydrogen-bond donors (Lipinski definition) is 3. The van der Waals surface area contributed by atoms with Gasteiger partial charge in [0, 0.05) is 18.9 Å². The van der Waals surface area contributed by atoms with E-state index in [0.29, 0.717) is 12.0 Å². The van der Waals surface area contributed by atoms with E-state index in [1.165, 1.54) is 30.5 Å². The highest BCUT2D eigenvalue weighted by Gasteiger charge is 2.38. The van der Waals surface area contributed by atoms with Crippen molar-refractivity contribution in [2.45, 2.75) is 37.8 Å². The van der Waals surface area contributed by atoms with Crippen LogP contribution in [0.4, 0.5) is 0 Å². The van der Waals surface area contributed by atoms with Gasteiger partial charge >= 0.3 is 0 Å². The highest BCUT2D eigenvalue weighted by Crippen LogP contribution is 2.27. The van der Waals surface area contributed by atoms with Gasteiger partial charge in [-0.1, -0.05) is 26.3 Å². The number of rotatable bonds is 8. The van der Waals surface area contributed by atoms with Crippen molar-refractivity contribution in [3.8, 4) is 5.75 Å². The lowest BCUT2D eigenvalue weighted by Gasteiger charge is -2.33. The number of aromatic nitrogens is 1. The normalized spacial score (nSPS) is 13.9. The molecule has 1 aromatic heterocycles. The van der Waals surface area contributed by atoms with E-state index in [9.17, 15) is 23.5 Å². The van der Waals surface area contributed by atoms with Crippen LogP contribution in [0.25, 0.3) is 0 Å². The summed E-state index contributed by atoms with van der Waals surface area (Å²) in [6.45, 7) is 3.47. The van der Waals surface area contributed by atoms with Gasteiger partial charge in [0.05, 0.1) is 4.90 Å². The Morgan fingerprint density at radius 1 is 1.26 bits per heavy atom. The van der Waals surface area contributed by atoms with E-state index < -0.39 is 22.0 Å². The minimum absolute atomic E-state index is 0.0665. The molecule has 146 valence electrons. The highest BCUT2D eigenvalue weighted by atomic mass is 32.2. The second-order valence-corrected chi connectivity index (χ2v) is 8.10. The third-order valence-electron chi connectivity index (χ3n) is 4.38. The number of phenols is 1. The molecule has 0 spiro atoms. The predicted octanol–water partition coefficient (Wildman–Crippen LogP) is 1.90. The number of phenolic OH excluding ortho intramolecular Hbond substituents is 1. The monoisotopic (exact) mass is 393 g/mol. The van der Waals surface area contributed by atoms with Gasteiger partial charge in [-0.3, -0.25) is 15.0 Å². The molecule has 2 rings (SSSR count). The molecule has 0 radical (unpaired) electrons. The zero-order chi connectivity index (χ0) is 20.0. The molecular weight excluding hydrogens is 370 g/mol. The van der Waals surface area contributed by atoms with Crippen molar-refractivity contribution >= 4 is 15.9 Å². The Hall–Kier alpha value is -2.49. The smallest absolute Gasteiger partial charge is 0.262 e. The largest absolute Gasteiger partial charge is 0.508 e. The Morgan fingerprint density at radius 2 is 1.93 bits per heavy atom. The van der Waals surface area contributed by atoms with E-state index in [-0.39, 0.29) is 23.1 Å². The number of hydrogen-bond acceptors (Lipinski definition) is 6. The van der Waals surface area contributed by atoms with Gasteiger partial charge < -0.3 is 5.11 Å². The number of aromatic hydroxyl groups is 1. The zero-order valence-corrected chi connectivity index (χ0v) is 15.9. The van der Waals surface area contributed by atoms with Crippen LogP contribution in [0.5, 0.6) is 5.75 Å². The summed E-state index contributed by atoms with van der Waals surface area (Å²) in [5, 5.41) is 18.6. The Morgan fingerprint density at radius 3 is 2.44 bits per heavy atom. The molecule has 3 N–H and O–H groups in total. The van der Waals surface area contributed by atoms with Crippen LogP contribution in [0.1, 0.15) is 25.8 Å². The van der Waals surface area contributed by atoms with E-state index in [0.717, 1.165) is 4.31 Å². The number of carbonyl (C=O) groups excluding carboxylic acids is 1. The fourth-order valence-corrected chi connectivity index (χ4v) is 4.39. The molecule has 0 aliphatic carbocycles. The quantitative estimate of drug-likeness (QED) is 0.465. The van der Waals surface area contributed by atoms with Crippen LogP contribution in [0, 0.1) is 5.92 Å². The zero-order valence-electron chi connectivity index (χ0n) is 15.1. The van der Waals surface area contributed by atoms with Crippen molar-refractivity contribution in [2.75, 3.05) is 0 Å². The van der Waals surface area contributed by atoms with Crippen LogP contribution in [0.15, 0.2) is 53.7 Å². The summed E-state index contributed by atoms with van der Waals surface area (Å²) in [7, 11) is -4.10. The summed E-state index contributed by atoms with van der Waals surface area (Å²) >= 11 is 0. The number of pyridine rings is 1. The number of amides is 1. The first-order valence-corrected chi connectivity index (χ1v) is 9.89. The number of hydroxylamine groups is 1. The van der Waals surface area contributed by atoms with E-state index in [1.54, 1.807) is 30.7 Å². The molecule has 27 heavy (non-hydrogen) atoms. The number of sulfonamides is 1. The standard InChI is InChI=1S/C18H23N3O5S/c1-3-13(2)17(18(23)20-24)21(12-14-5-4-10-19-11-14)27(25,26)16-8-6-15(22)7-9-16/h4-11,13,17,22,24H,3,12H2,1-2H3,(H,20,23). The van der Waals surface area contributed by atoms with Gasteiger partial charge in [-0.15, -0.1) is 0 Å². The van der Waals surface area contributed by atoms with Gasteiger partial charge in [0.2, 0.25) is 10.0 Å². The lowest BCUT2D eigenvalue weighted by Crippen LogP contribution is -2.51. The molecule has 8 nitrogen and oxygen atoms in total. The fourth-order valence-electron chi connectivity index (χ4n) is 2.72. The molecule has 0 aliphatic heterocycles. The Balaban J connectivity index is 2.56. The topological polar surface area (TPSA) is 120 Å². The highest BCUT2D eigenvalue weighted by molar-refractivity contribution is 7.89. The van der Waals surface area contributed by atoms with Gasteiger partial charge in [0.1, 0.15) is 11.8 Å². The third kappa shape index (κ3) is 4.82. The summed E-state index contributed by atoms with van der Waals surface area (Å²) in [6, 6.07) is 7.32. The molecule has 0 bridgehead atoms. The van der Waals surface area contributed by atoms with Gasteiger partial charge in [-0.05, 0) is 41.8 Å². The Kier molecular flexibility index (Phi) is 6.89. The first-order chi connectivity index (χ1) is 12.8. The molecular formula is C18H23N3O5S. The molecule has 1 amide bonds. The summed E-state index contributed by atoms with van der Waals surface area (Å²) < 4.78 is 27.6. The second kappa shape index (κ2) is 8.94. The van der Waals surface area contributed by atoms with Crippen LogP contribution in [-0.4, -0.2) is 40.0 Å². The predicted molar refractivity (Wildman–Crippen MR) is 98.2 cm³/mol. The van der Waals surface area contributed by atoms with Crippen molar-refractivity contribution in [2.24, 2.45) is 5.92 Å². The Labute approximate surface area is 158 Å². The summed E-state index contributed by atoms with van der Waals surface area (Å²) in [5.41, 5.74) is 2.17. The van der Waals surface area contributed by atoms with Gasteiger partial charge in [-0.25, -0.2) is 13.9 Å². The van der Waals surface area contributed by atoms with E-state index in [2.05, 4.69) is 4.98 Å². The maximum Gasteiger partial charge on any atom is 0.262 e. The van der Waals surface area contributed by atoms with Crippen molar-refractivity contribution < 1.29 is 23.5 Å². The summed E-state index contributed by atoms with van der Waals surface area (Å²) in [5.74, 6) is -1.24. The average Bonchev–Trinajstić information content (AvgIpc) is 2.68.